The Labute approximate surface area is 105 Å². The number of aliphatic carboxylic acids is 1. The van der Waals surface area contributed by atoms with Gasteiger partial charge in [0, 0.05) is 11.6 Å². The highest BCUT2D eigenvalue weighted by molar-refractivity contribution is 6.31. The quantitative estimate of drug-likeness (QED) is 0.752. The number of benzene rings is 1. The fourth-order valence-electron chi connectivity index (χ4n) is 1.37. The largest absolute Gasteiger partial charge is 0.480 e. The minimum absolute atomic E-state index is 0.189. The number of carbonyl (C=O) groups is 1. The summed E-state index contributed by atoms with van der Waals surface area (Å²) in [6.07, 6.45) is -0.743. The number of aryl methyl sites for hydroxylation is 1. The average molecular weight is 258 g/mol. The van der Waals surface area contributed by atoms with Crippen molar-refractivity contribution in [3.63, 3.8) is 0 Å². The lowest BCUT2D eigenvalue weighted by Crippen LogP contribution is -2.36. The molecule has 3 N–H and O–H groups in total. The van der Waals surface area contributed by atoms with Crippen LogP contribution in [0.3, 0.4) is 0 Å². The van der Waals surface area contributed by atoms with Crippen molar-refractivity contribution < 1.29 is 15.0 Å². The monoisotopic (exact) mass is 257 g/mol. The van der Waals surface area contributed by atoms with Crippen molar-refractivity contribution in [2.45, 2.75) is 26.0 Å². The Hall–Kier alpha value is -1.10. The maximum atomic E-state index is 10.6. The Morgan fingerprint density at radius 3 is 2.71 bits per heavy atom. The molecule has 94 valence electrons. The molecule has 17 heavy (non-hydrogen) atoms. The van der Waals surface area contributed by atoms with Gasteiger partial charge in [0.1, 0.15) is 6.04 Å². The van der Waals surface area contributed by atoms with Gasteiger partial charge in [0.2, 0.25) is 0 Å². The van der Waals surface area contributed by atoms with Gasteiger partial charge in [0.05, 0.1) is 6.10 Å². The zero-order valence-corrected chi connectivity index (χ0v) is 10.5. The second-order valence-corrected chi connectivity index (χ2v) is 4.40. The Balaban J connectivity index is 2.60. The van der Waals surface area contributed by atoms with Gasteiger partial charge >= 0.3 is 5.97 Å². The van der Waals surface area contributed by atoms with Crippen molar-refractivity contribution in [1.29, 1.82) is 0 Å². The second kappa shape index (κ2) is 6.00. The van der Waals surface area contributed by atoms with Gasteiger partial charge in [-0.05, 0) is 31.0 Å². The number of hydrogen-bond donors (Lipinski definition) is 3. The third kappa shape index (κ3) is 4.00. The molecule has 0 radical (unpaired) electrons. The van der Waals surface area contributed by atoms with Crippen molar-refractivity contribution in [2.24, 2.45) is 0 Å². The molecule has 5 heteroatoms. The van der Waals surface area contributed by atoms with Gasteiger partial charge in [0.25, 0.3) is 0 Å². The van der Waals surface area contributed by atoms with Gasteiger partial charge in [0.15, 0.2) is 0 Å². The molecule has 0 saturated heterocycles. The summed E-state index contributed by atoms with van der Waals surface area (Å²) in [6.45, 7) is 3.57. The highest BCUT2D eigenvalue weighted by atomic mass is 35.5. The van der Waals surface area contributed by atoms with Crippen LogP contribution in [0.1, 0.15) is 24.2 Å². The van der Waals surface area contributed by atoms with Crippen LogP contribution in [-0.4, -0.2) is 28.8 Å². The number of carboxylic acid groups (broad SMARTS) is 1. The fourth-order valence-corrected chi connectivity index (χ4v) is 1.49. The molecule has 0 aliphatic carbocycles. The standard InChI is InChI=1S/C12H16ClNO3/c1-7-5-9(3-4-10(7)13)11(15)6-14-8(2)12(16)17/h3-5,8,11,14-15H,6H2,1-2H3,(H,16,17). The van der Waals surface area contributed by atoms with E-state index in [1.54, 1.807) is 18.2 Å². The van der Waals surface area contributed by atoms with Crippen LogP contribution in [0.4, 0.5) is 0 Å². The molecule has 0 fully saturated rings. The summed E-state index contributed by atoms with van der Waals surface area (Å²) >= 11 is 5.88. The van der Waals surface area contributed by atoms with E-state index in [4.69, 9.17) is 16.7 Å². The molecule has 0 heterocycles. The van der Waals surface area contributed by atoms with Gasteiger partial charge in [-0.25, -0.2) is 0 Å². The zero-order chi connectivity index (χ0) is 13.0. The van der Waals surface area contributed by atoms with Crippen LogP contribution in [0, 0.1) is 6.92 Å². The van der Waals surface area contributed by atoms with E-state index < -0.39 is 18.1 Å². The first kappa shape index (κ1) is 14.0. The lowest BCUT2D eigenvalue weighted by atomic mass is 10.1. The number of aliphatic hydroxyl groups excluding tert-OH is 1. The first-order chi connectivity index (χ1) is 7.91. The van der Waals surface area contributed by atoms with Crippen molar-refractivity contribution in [3.05, 3.63) is 34.3 Å². The second-order valence-electron chi connectivity index (χ2n) is 3.99. The van der Waals surface area contributed by atoms with E-state index in [9.17, 15) is 9.90 Å². The third-order valence-electron chi connectivity index (χ3n) is 2.55. The Kier molecular flexibility index (Phi) is 4.93. The topological polar surface area (TPSA) is 69.6 Å². The molecule has 2 atom stereocenters. The third-order valence-corrected chi connectivity index (χ3v) is 2.98. The predicted molar refractivity (Wildman–Crippen MR) is 66.2 cm³/mol. The van der Waals surface area contributed by atoms with E-state index in [0.717, 1.165) is 11.1 Å². The van der Waals surface area contributed by atoms with Crippen molar-refractivity contribution in [3.8, 4) is 0 Å². The van der Waals surface area contributed by atoms with Crippen LogP contribution in [0.25, 0.3) is 0 Å². The summed E-state index contributed by atoms with van der Waals surface area (Å²) in [7, 11) is 0. The lowest BCUT2D eigenvalue weighted by Gasteiger charge is -2.15. The maximum absolute atomic E-state index is 10.6. The molecule has 0 saturated carbocycles. The van der Waals surface area contributed by atoms with Crippen LogP contribution in [-0.2, 0) is 4.79 Å². The van der Waals surface area contributed by atoms with Crippen LogP contribution in [0.15, 0.2) is 18.2 Å². The van der Waals surface area contributed by atoms with E-state index >= 15 is 0 Å². The van der Waals surface area contributed by atoms with Crippen molar-refractivity contribution >= 4 is 17.6 Å². The van der Waals surface area contributed by atoms with Crippen LogP contribution in [0.5, 0.6) is 0 Å². The summed E-state index contributed by atoms with van der Waals surface area (Å²) in [6, 6.07) is 4.56. The normalized spacial score (nSPS) is 14.4. The smallest absolute Gasteiger partial charge is 0.320 e. The van der Waals surface area contributed by atoms with E-state index in [-0.39, 0.29) is 6.54 Å². The zero-order valence-electron chi connectivity index (χ0n) is 9.77. The summed E-state index contributed by atoms with van der Waals surface area (Å²) in [5, 5.41) is 21.9. The van der Waals surface area contributed by atoms with Crippen LogP contribution < -0.4 is 5.32 Å². The van der Waals surface area contributed by atoms with Crippen LogP contribution >= 0.6 is 11.6 Å². The van der Waals surface area contributed by atoms with E-state index in [1.165, 1.54) is 6.92 Å². The summed E-state index contributed by atoms with van der Waals surface area (Å²) < 4.78 is 0. The highest BCUT2D eigenvalue weighted by Gasteiger charge is 2.14. The number of hydrogen-bond acceptors (Lipinski definition) is 3. The van der Waals surface area contributed by atoms with Gasteiger partial charge in [-0.1, -0.05) is 23.7 Å². The number of nitrogens with one attached hydrogen (secondary N) is 1. The first-order valence-corrected chi connectivity index (χ1v) is 5.70. The predicted octanol–water partition coefficient (Wildman–Crippen LogP) is 1.74. The molecule has 0 aliphatic heterocycles. The minimum Gasteiger partial charge on any atom is -0.480 e. The molecule has 4 nitrogen and oxygen atoms in total. The van der Waals surface area contributed by atoms with Gasteiger partial charge in [-0.2, -0.15) is 0 Å². The number of carboxylic acids is 1. The van der Waals surface area contributed by atoms with Gasteiger partial charge in [-0.15, -0.1) is 0 Å². The van der Waals surface area contributed by atoms with E-state index in [0.29, 0.717) is 5.02 Å². The van der Waals surface area contributed by atoms with E-state index in [1.807, 2.05) is 6.92 Å². The molecular formula is C12H16ClNO3. The SMILES string of the molecule is Cc1cc(C(O)CNC(C)C(=O)O)ccc1Cl. The molecule has 0 amide bonds. The van der Waals surface area contributed by atoms with Crippen molar-refractivity contribution in [2.75, 3.05) is 6.54 Å². The Morgan fingerprint density at radius 2 is 2.18 bits per heavy atom. The number of halogens is 1. The summed E-state index contributed by atoms with van der Waals surface area (Å²) in [5.74, 6) is -0.940. The highest BCUT2D eigenvalue weighted by Crippen LogP contribution is 2.20. The lowest BCUT2D eigenvalue weighted by molar-refractivity contribution is -0.139. The Morgan fingerprint density at radius 1 is 1.53 bits per heavy atom. The minimum atomic E-state index is -0.940. The molecule has 1 rings (SSSR count). The first-order valence-electron chi connectivity index (χ1n) is 5.32. The summed E-state index contributed by atoms with van der Waals surface area (Å²) in [4.78, 5) is 10.6. The number of rotatable bonds is 5. The average Bonchev–Trinajstić information content (AvgIpc) is 2.28. The van der Waals surface area contributed by atoms with Gasteiger partial charge < -0.3 is 15.5 Å². The van der Waals surface area contributed by atoms with E-state index in [2.05, 4.69) is 5.32 Å². The fraction of sp³-hybridized carbons (Fsp3) is 0.417. The Bertz CT molecular complexity index is 409. The van der Waals surface area contributed by atoms with Gasteiger partial charge in [-0.3, -0.25) is 4.79 Å². The molecule has 1 aromatic carbocycles. The maximum Gasteiger partial charge on any atom is 0.320 e. The molecular weight excluding hydrogens is 242 g/mol. The van der Waals surface area contributed by atoms with Crippen molar-refractivity contribution in [1.82, 2.24) is 5.32 Å². The molecule has 2 unspecified atom stereocenters. The molecule has 0 bridgehead atoms. The summed E-state index contributed by atoms with van der Waals surface area (Å²) in [5.41, 5.74) is 1.60. The molecule has 1 aromatic rings. The molecule has 0 spiro atoms. The molecule has 0 aliphatic rings. The number of aliphatic hydroxyl groups is 1. The van der Waals surface area contributed by atoms with Crippen LogP contribution in [0.2, 0.25) is 5.02 Å². The molecule has 0 aromatic heterocycles.